The fourth-order valence-electron chi connectivity index (χ4n) is 4.94. The van der Waals surface area contributed by atoms with Gasteiger partial charge in [0.15, 0.2) is 0 Å². The van der Waals surface area contributed by atoms with Crippen LogP contribution in [0.1, 0.15) is 57.0 Å². The molecular weight excluding hydrogens is 418 g/mol. The Morgan fingerprint density at radius 1 is 0.882 bits per heavy atom. The van der Waals surface area contributed by atoms with E-state index >= 15 is 0 Å². The third kappa shape index (κ3) is 3.45. The third-order valence-electron chi connectivity index (χ3n) is 7.02. The smallest absolute Gasteiger partial charge is 0.128 e. The standard InChI is InChI=1S/C30H29N3O/c1-17(2)27-12-22(14-31-27)19-5-10-25-24-9-6-20-11-21(28-15-32-30(33-28)18(3)4)7-8-23(20)26(24)16-34-29(25)13-19/h5-11,13-15,17-18H,12,16H2,1-4H3,(H,32,33). The summed E-state index contributed by atoms with van der Waals surface area (Å²) >= 11 is 0. The van der Waals surface area contributed by atoms with E-state index in [1.54, 1.807) is 0 Å². The first-order chi connectivity index (χ1) is 16.5. The lowest BCUT2D eigenvalue weighted by atomic mass is 9.90. The number of fused-ring (bicyclic) bond motifs is 5. The van der Waals surface area contributed by atoms with Crippen LogP contribution >= 0.6 is 0 Å². The fraction of sp³-hybridized carbons (Fsp3) is 0.267. The van der Waals surface area contributed by atoms with Crippen molar-refractivity contribution in [2.75, 3.05) is 0 Å². The fourth-order valence-corrected chi connectivity index (χ4v) is 4.94. The molecule has 1 N–H and O–H groups in total. The quantitative estimate of drug-likeness (QED) is 0.348. The summed E-state index contributed by atoms with van der Waals surface area (Å²) in [6.07, 6.45) is 4.87. The second-order valence-corrected chi connectivity index (χ2v) is 9.97. The van der Waals surface area contributed by atoms with Gasteiger partial charge in [-0.2, -0.15) is 0 Å². The molecule has 0 aliphatic carbocycles. The van der Waals surface area contributed by atoms with E-state index in [1.165, 1.54) is 38.7 Å². The molecule has 2 aliphatic heterocycles. The monoisotopic (exact) mass is 447 g/mol. The highest BCUT2D eigenvalue weighted by molar-refractivity contribution is 6.00. The van der Waals surface area contributed by atoms with Crippen molar-refractivity contribution in [3.8, 4) is 28.1 Å². The zero-order chi connectivity index (χ0) is 23.4. The zero-order valence-electron chi connectivity index (χ0n) is 20.1. The lowest BCUT2D eigenvalue weighted by Crippen LogP contribution is -2.07. The van der Waals surface area contributed by atoms with Crippen LogP contribution in [0.2, 0.25) is 0 Å². The molecule has 3 heterocycles. The van der Waals surface area contributed by atoms with Crippen molar-refractivity contribution in [2.24, 2.45) is 10.9 Å². The molecule has 170 valence electrons. The second kappa shape index (κ2) is 7.98. The van der Waals surface area contributed by atoms with Gasteiger partial charge in [-0.1, -0.05) is 64.1 Å². The zero-order valence-corrected chi connectivity index (χ0v) is 20.1. The maximum atomic E-state index is 6.30. The molecule has 0 saturated heterocycles. The van der Waals surface area contributed by atoms with Crippen LogP contribution in [0.4, 0.5) is 0 Å². The number of allylic oxidation sites excluding steroid dienone is 1. The second-order valence-electron chi connectivity index (χ2n) is 9.97. The summed E-state index contributed by atoms with van der Waals surface area (Å²) < 4.78 is 6.30. The van der Waals surface area contributed by atoms with Gasteiger partial charge in [-0.15, -0.1) is 0 Å². The normalized spacial score (nSPS) is 14.8. The molecular formula is C30H29N3O. The highest BCUT2D eigenvalue weighted by atomic mass is 16.5. The van der Waals surface area contributed by atoms with Crippen LogP contribution in [0.5, 0.6) is 5.75 Å². The number of benzene rings is 3. The Morgan fingerprint density at radius 2 is 1.71 bits per heavy atom. The van der Waals surface area contributed by atoms with E-state index < -0.39 is 0 Å². The number of rotatable bonds is 4. The van der Waals surface area contributed by atoms with Crippen molar-refractivity contribution >= 4 is 22.1 Å². The van der Waals surface area contributed by atoms with Crippen molar-refractivity contribution in [1.29, 1.82) is 0 Å². The number of hydrogen-bond acceptors (Lipinski definition) is 3. The first-order valence-corrected chi connectivity index (χ1v) is 12.1. The largest absolute Gasteiger partial charge is 0.488 e. The minimum absolute atomic E-state index is 0.383. The van der Waals surface area contributed by atoms with Crippen LogP contribution in [0.15, 0.2) is 65.9 Å². The predicted octanol–water partition coefficient (Wildman–Crippen LogP) is 7.75. The Kier molecular flexibility index (Phi) is 4.91. The Morgan fingerprint density at radius 3 is 2.47 bits per heavy atom. The van der Waals surface area contributed by atoms with E-state index in [4.69, 9.17) is 4.74 Å². The van der Waals surface area contributed by atoms with Gasteiger partial charge in [-0.25, -0.2) is 4.98 Å². The number of ether oxygens (including phenoxy) is 1. The van der Waals surface area contributed by atoms with E-state index in [0.29, 0.717) is 18.4 Å². The number of aromatic amines is 1. The molecule has 0 spiro atoms. The molecule has 2 aliphatic rings. The molecule has 3 aromatic carbocycles. The Hall–Kier alpha value is -3.66. The van der Waals surface area contributed by atoms with E-state index in [1.807, 2.05) is 12.4 Å². The molecule has 0 unspecified atom stereocenters. The van der Waals surface area contributed by atoms with Gasteiger partial charge in [0.2, 0.25) is 0 Å². The molecule has 0 amide bonds. The summed E-state index contributed by atoms with van der Waals surface area (Å²) in [5, 5.41) is 2.46. The number of aromatic nitrogens is 2. The molecule has 1 aromatic heterocycles. The molecule has 0 radical (unpaired) electrons. The summed E-state index contributed by atoms with van der Waals surface area (Å²) in [4.78, 5) is 12.6. The van der Waals surface area contributed by atoms with Gasteiger partial charge in [0.25, 0.3) is 0 Å². The van der Waals surface area contributed by atoms with E-state index in [9.17, 15) is 0 Å². The van der Waals surface area contributed by atoms with Crippen LogP contribution in [0, 0.1) is 5.92 Å². The van der Waals surface area contributed by atoms with Gasteiger partial charge >= 0.3 is 0 Å². The molecule has 34 heavy (non-hydrogen) atoms. The minimum Gasteiger partial charge on any atom is -0.488 e. The molecule has 4 nitrogen and oxygen atoms in total. The maximum Gasteiger partial charge on any atom is 0.128 e. The predicted molar refractivity (Wildman–Crippen MR) is 140 cm³/mol. The lowest BCUT2D eigenvalue weighted by molar-refractivity contribution is 0.304. The van der Waals surface area contributed by atoms with Gasteiger partial charge in [0, 0.05) is 40.9 Å². The Labute approximate surface area is 200 Å². The van der Waals surface area contributed by atoms with Gasteiger partial charge in [-0.3, -0.25) is 4.99 Å². The van der Waals surface area contributed by atoms with Crippen LogP contribution in [0.25, 0.3) is 38.7 Å². The van der Waals surface area contributed by atoms with Crippen molar-refractivity contribution in [3.63, 3.8) is 0 Å². The summed E-state index contributed by atoms with van der Waals surface area (Å²) in [5.41, 5.74) is 9.61. The van der Waals surface area contributed by atoms with Crippen LogP contribution in [-0.2, 0) is 6.61 Å². The number of H-pyrrole nitrogens is 1. The van der Waals surface area contributed by atoms with Gasteiger partial charge in [0.05, 0.1) is 11.9 Å². The average molecular weight is 448 g/mol. The van der Waals surface area contributed by atoms with Crippen LogP contribution < -0.4 is 4.74 Å². The molecule has 0 atom stereocenters. The third-order valence-corrected chi connectivity index (χ3v) is 7.02. The topological polar surface area (TPSA) is 50.3 Å². The summed E-state index contributed by atoms with van der Waals surface area (Å²) in [5.74, 6) is 2.84. The first kappa shape index (κ1) is 20.9. The molecule has 4 heteroatoms. The molecule has 0 saturated carbocycles. The number of nitrogens with one attached hydrogen (secondary N) is 1. The van der Waals surface area contributed by atoms with Crippen molar-refractivity contribution in [2.45, 2.75) is 46.6 Å². The first-order valence-electron chi connectivity index (χ1n) is 12.1. The van der Waals surface area contributed by atoms with Crippen molar-refractivity contribution in [3.05, 3.63) is 77.9 Å². The number of nitrogens with zero attached hydrogens (tertiary/aromatic N) is 2. The number of imidazole rings is 1. The van der Waals surface area contributed by atoms with Gasteiger partial charge in [-0.05, 0) is 45.5 Å². The molecule has 0 fully saturated rings. The highest BCUT2D eigenvalue weighted by Gasteiger charge is 2.22. The lowest BCUT2D eigenvalue weighted by Gasteiger charge is -2.23. The molecule has 4 aromatic rings. The van der Waals surface area contributed by atoms with E-state index in [0.717, 1.165) is 34.8 Å². The van der Waals surface area contributed by atoms with Crippen molar-refractivity contribution in [1.82, 2.24) is 9.97 Å². The van der Waals surface area contributed by atoms with Gasteiger partial charge < -0.3 is 9.72 Å². The summed E-state index contributed by atoms with van der Waals surface area (Å²) in [6, 6.07) is 17.7. The number of hydrogen-bond donors (Lipinski definition) is 1. The molecule has 0 bridgehead atoms. The van der Waals surface area contributed by atoms with E-state index in [2.05, 4.69) is 91.2 Å². The van der Waals surface area contributed by atoms with Gasteiger partial charge in [0.1, 0.15) is 18.2 Å². The van der Waals surface area contributed by atoms with Crippen LogP contribution in [0.3, 0.4) is 0 Å². The molecule has 6 rings (SSSR count). The average Bonchev–Trinajstić information content (AvgIpc) is 3.53. The van der Waals surface area contributed by atoms with Crippen molar-refractivity contribution < 1.29 is 4.74 Å². The summed E-state index contributed by atoms with van der Waals surface area (Å²) in [6.45, 7) is 9.28. The highest BCUT2D eigenvalue weighted by Crippen LogP contribution is 2.43. The SMILES string of the molecule is CC(C)C1=NC=C(c2ccc3c(c2)OCc2c-3ccc3cc(-c4cnc(C(C)C)[nH]4)ccc23)C1. The summed E-state index contributed by atoms with van der Waals surface area (Å²) in [7, 11) is 0. The Balaban J connectivity index is 1.34. The minimum atomic E-state index is 0.383. The van der Waals surface area contributed by atoms with E-state index in [-0.39, 0.29) is 0 Å². The Bertz CT molecular complexity index is 1490. The van der Waals surface area contributed by atoms with Crippen LogP contribution in [-0.4, -0.2) is 15.7 Å². The number of aliphatic imine (C=N–C) groups is 1. The maximum absolute atomic E-state index is 6.30.